The molecule has 0 aliphatic carbocycles. The van der Waals surface area contributed by atoms with E-state index in [1.165, 1.54) is 0 Å². The molecule has 0 bridgehead atoms. The molecule has 0 aromatic heterocycles. The standard InChI is InChI=1S/C42H81N3O11.2C2H6.CH4O.2CH2O/c1-14-34(42(10)24-52-42)55-39(48)30(7)32(23-51-35-18-26(3)37(31(8)54-35)50-17-15-16-43)29(6)38(41(9,49)20-25(2)21-45(13)27(4)22-46)56-40-36(47)33(44(11)12)19-28(5)53-40;5*1-2/h25-38,40,46-47,49H,14-24,43H2,1-13H3;2*1-2H3;2H,1H3;2*1H2/t25-,26?,27?,28?,29+,30?,31?,32+,33?,34-,35-,36-,37-,38-,40?,41-,42+;;;;;/m1...../s1. The SMILES string of the molecule is C=O.C=O.CC.CC.CC[C@@H](OC(=O)C(C)[C@@H](CO[C@H]1CC(C)[C@@H](OCCCN)C(C)O1)[C@H](C)[C@@H](OC1OC(C)CC(N(C)C)[C@H]1O)[C@](C)(O)C[C@@H](C)CN(C)C(C)CO)[C@]1(C)CO1.CO. The Hall–Kier alpha value is -1.71. The van der Waals surface area contributed by atoms with Crippen molar-refractivity contribution >= 4 is 19.5 Å². The van der Waals surface area contributed by atoms with Crippen molar-refractivity contribution in [3.8, 4) is 0 Å². The fourth-order valence-electron chi connectivity index (χ4n) is 8.87. The van der Waals surface area contributed by atoms with Crippen molar-refractivity contribution in [2.24, 2.45) is 35.3 Å². The predicted molar refractivity (Wildman–Crippen MR) is 260 cm³/mol. The van der Waals surface area contributed by atoms with E-state index >= 15 is 0 Å². The molecule has 7 unspecified atom stereocenters. The van der Waals surface area contributed by atoms with Crippen molar-refractivity contribution in [1.29, 1.82) is 0 Å². The molecule has 6 N–H and O–H groups in total. The van der Waals surface area contributed by atoms with E-state index in [0.717, 1.165) is 13.5 Å². The van der Waals surface area contributed by atoms with E-state index in [-0.39, 0.29) is 61.4 Å². The first-order valence-corrected chi connectivity index (χ1v) is 24.3. The summed E-state index contributed by atoms with van der Waals surface area (Å²) in [5.74, 6) is -1.91. The Balaban J connectivity index is -0.00000370. The third-order valence-corrected chi connectivity index (χ3v) is 12.7. The van der Waals surface area contributed by atoms with Crippen LogP contribution in [-0.4, -0.2) is 190 Å². The minimum atomic E-state index is -1.44. The molecule has 3 rings (SSSR count). The fourth-order valence-corrected chi connectivity index (χ4v) is 8.87. The zero-order chi connectivity index (χ0) is 52.1. The van der Waals surface area contributed by atoms with E-state index in [4.69, 9.17) is 53.6 Å². The van der Waals surface area contributed by atoms with Crippen LogP contribution in [0.3, 0.4) is 0 Å². The molecule has 17 atom stereocenters. The van der Waals surface area contributed by atoms with Gasteiger partial charge in [-0.3, -0.25) is 4.79 Å². The lowest BCUT2D eigenvalue weighted by molar-refractivity contribution is -0.300. The Kier molecular flexibility index (Phi) is 37.7. The zero-order valence-corrected chi connectivity index (χ0v) is 44.7. The molecule has 0 saturated carbocycles. The van der Waals surface area contributed by atoms with E-state index in [1.54, 1.807) is 6.92 Å². The molecule has 3 aliphatic rings. The lowest BCUT2D eigenvalue weighted by Crippen LogP contribution is -2.59. The number of carbonyl (C=O) groups excluding carboxylic acids is 3. The minimum absolute atomic E-state index is 0.00624. The van der Waals surface area contributed by atoms with E-state index in [0.29, 0.717) is 52.0 Å². The van der Waals surface area contributed by atoms with Gasteiger partial charge in [0.2, 0.25) is 0 Å². The van der Waals surface area contributed by atoms with Crippen molar-refractivity contribution in [3.05, 3.63) is 0 Å². The number of carbonyl (C=O) groups is 3. The minimum Gasteiger partial charge on any atom is -0.459 e. The third kappa shape index (κ3) is 22.4. The largest absolute Gasteiger partial charge is 0.459 e. The summed E-state index contributed by atoms with van der Waals surface area (Å²) >= 11 is 0. The first-order valence-electron chi connectivity index (χ1n) is 24.3. The zero-order valence-electron chi connectivity index (χ0n) is 44.7. The molecule has 0 amide bonds. The van der Waals surface area contributed by atoms with Gasteiger partial charge in [0, 0.05) is 44.7 Å². The normalized spacial score (nSPS) is 29.8. The van der Waals surface area contributed by atoms with Gasteiger partial charge in [0.25, 0.3) is 0 Å². The topological polar surface area (TPSA) is 233 Å². The summed E-state index contributed by atoms with van der Waals surface area (Å²) in [4.78, 5) is 34.2. The molecular formula is C49H101N3O14. The van der Waals surface area contributed by atoms with Gasteiger partial charge in [-0.15, -0.1) is 0 Å². The molecule has 3 fully saturated rings. The van der Waals surface area contributed by atoms with Gasteiger partial charge in [0.1, 0.15) is 31.4 Å². The highest BCUT2D eigenvalue weighted by Gasteiger charge is 2.51. The summed E-state index contributed by atoms with van der Waals surface area (Å²) in [6.07, 6.45) is -1.43. The van der Waals surface area contributed by atoms with Crippen LogP contribution >= 0.6 is 0 Å². The number of epoxide rings is 1. The lowest BCUT2D eigenvalue weighted by Gasteiger charge is -2.47. The summed E-state index contributed by atoms with van der Waals surface area (Å²) in [6, 6.07) is -0.273. The number of aliphatic hydroxyl groups excluding tert-OH is 3. The van der Waals surface area contributed by atoms with Crippen molar-refractivity contribution in [3.63, 3.8) is 0 Å². The summed E-state index contributed by atoms with van der Waals surface area (Å²) in [5, 5.41) is 41.0. The number of esters is 1. The second-order valence-corrected chi connectivity index (χ2v) is 18.3. The van der Waals surface area contributed by atoms with Gasteiger partial charge in [-0.1, -0.05) is 62.3 Å². The second-order valence-electron chi connectivity index (χ2n) is 18.3. The van der Waals surface area contributed by atoms with Crippen LogP contribution < -0.4 is 5.73 Å². The van der Waals surface area contributed by atoms with Gasteiger partial charge in [-0.25, -0.2) is 0 Å². The third-order valence-electron chi connectivity index (χ3n) is 12.7. The molecule has 3 heterocycles. The Morgan fingerprint density at radius 1 is 0.970 bits per heavy atom. The number of aliphatic hydroxyl groups is 4. The molecule has 17 heteroatoms. The molecule has 0 radical (unpaired) electrons. The van der Waals surface area contributed by atoms with Crippen LogP contribution in [0.1, 0.15) is 129 Å². The number of nitrogens with zero attached hydrogens (tertiary/aromatic N) is 2. The van der Waals surface area contributed by atoms with Crippen molar-refractivity contribution in [2.45, 2.75) is 202 Å². The Bertz CT molecular complexity index is 1190. The van der Waals surface area contributed by atoms with E-state index < -0.39 is 59.8 Å². The van der Waals surface area contributed by atoms with Crippen molar-refractivity contribution in [2.75, 3.05) is 67.8 Å². The quantitative estimate of drug-likeness (QED) is 0.0501. The van der Waals surface area contributed by atoms with Gasteiger partial charge in [0.15, 0.2) is 12.6 Å². The summed E-state index contributed by atoms with van der Waals surface area (Å²) in [6.45, 7) is 34.0. The predicted octanol–water partition coefficient (Wildman–Crippen LogP) is 4.70. The monoisotopic (exact) mass is 956 g/mol. The maximum Gasteiger partial charge on any atom is 0.309 e. The maximum absolute atomic E-state index is 14.1. The molecule has 17 nitrogen and oxygen atoms in total. The molecule has 66 heavy (non-hydrogen) atoms. The van der Waals surface area contributed by atoms with Crippen LogP contribution in [-0.2, 0) is 47.5 Å². The molecule has 3 saturated heterocycles. The Labute approximate surface area is 401 Å². The summed E-state index contributed by atoms with van der Waals surface area (Å²) in [7, 11) is 6.80. The van der Waals surface area contributed by atoms with Crippen LogP contribution in [0.2, 0.25) is 0 Å². The van der Waals surface area contributed by atoms with Gasteiger partial charge >= 0.3 is 5.97 Å². The average Bonchev–Trinajstić information content (AvgIpc) is 4.06. The van der Waals surface area contributed by atoms with E-state index in [9.17, 15) is 20.1 Å². The van der Waals surface area contributed by atoms with Crippen molar-refractivity contribution in [1.82, 2.24) is 9.80 Å². The number of nitrogens with two attached hydrogens (primary N) is 1. The second kappa shape index (κ2) is 36.3. The average molecular weight is 956 g/mol. The number of rotatable bonds is 24. The molecule has 3 aliphatic heterocycles. The number of likely N-dealkylation sites (N-methyl/N-ethyl adjacent to an activating group) is 2. The highest BCUT2D eigenvalue weighted by atomic mass is 16.7. The first kappa shape index (κ1) is 68.6. The summed E-state index contributed by atoms with van der Waals surface area (Å²) in [5.41, 5.74) is 3.74. The van der Waals surface area contributed by atoms with Crippen LogP contribution in [0.15, 0.2) is 0 Å². The molecular weight excluding hydrogens is 855 g/mol. The Morgan fingerprint density at radius 2 is 1.53 bits per heavy atom. The van der Waals surface area contributed by atoms with Crippen LogP contribution in [0.5, 0.6) is 0 Å². The fraction of sp³-hybridized carbons (Fsp3) is 0.939. The lowest BCUT2D eigenvalue weighted by atomic mass is 9.73. The van der Waals surface area contributed by atoms with Gasteiger partial charge < -0.3 is 78.7 Å². The molecule has 0 aromatic rings. The van der Waals surface area contributed by atoms with E-state index in [2.05, 4.69) is 18.7 Å². The van der Waals surface area contributed by atoms with Crippen LogP contribution in [0.25, 0.3) is 0 Å². The van der Waals surface area contributed by atoms with Gasteiger partial charge in [-0.05, 0) is 106 Å². The van der Waals surface area contributed by atoms with Crippen LogP contribution in [0.4, 0.5) is 0 Å². The molecule has 0 aromatic carbocycles. The van der Waals surface area contributed by atoms with Crippen LogP contribution in [0, 0.1) is 29.6 Å². The summed E-state index contributed by atoms with van der Waals surface area (Å²) < 4.78 is 44.0. The molecule has 0 spiro atoms. The van der Waals surface area contributed by atoms with Crippen molar-refractivity contribution < 1.29 is 68.0 Å². The molecule has 396 valence electrons. The highest BCUT2D eigenvalue weighted by molar-refractivity contribution is 5.72. The first-order chi connectivity index (χ1) is 31.2. The highest BCUT2D eigenvalue weighted by Crippen LogP contribution is 2.40. The Morgan fingerprint density at radius 3 is 2.00 bits per heavy atom. The van der Waals surface area contributed by atoms with Gasteiger partial charge in [-0.2, -0.15) is 0 Å². The maximum atomic E-state index is 14.1. The number of hydrogen-bond acceptors (Lipinski definition) is 17. The van der Waals surface area contributed by atoms with E-state index in [1.807, 2.05) is 116 Å². The van der Waals surface area contributed by atoms with Gasteiger partial charge in [0.05, 0.1) is 55.8 Å². The number of hydrogen-bond donors (Lipinski definition) is 5. The smallest absolute Gasteiger partial charge is 0.309 e. The number of ether oxygens (including phenoxy) is 7.